The summed E-state index contributed by atoms with van der Waals surface area (Å²) in [6.07, 6.45) is 2.48. The predicted octanol–water partition coefficient (Wildman–Crippen LogP) is 3.84. The van der Waals surface area contributed by atoms with Crippen molar-refractivity contribution in [2.45, 2.75) is 26.4 Å². The molecule has 1 amide bonds. The van der Waals surface area contributed by atoms with Crippen LogP contribution in [0.3, 0.4) is 0 Å². The summed E-state index contributed by atoms with van der Waals surface area (Å²) in [6, 6.07) is 6.40. The van der Waals surface area contributed by atoms with Crippen molar-refractivity contribution in [1.29, 1.82) is 0 Å². The zero-order valence-electron chi connectivity index (χ0n) is 13.5. The van der Waals surface area contributed by atoms with Crippen molar-refractivity contribution in [1.82, 2.24) is 4.90 Å². The van der Waals surface area contributed by atoms with Crippen LogP contribution in [-0.2, 0) is 4.74 Å². The Morgan fingerprint density at radius 2 is 1.68 bits per heavy atom. The molecule has 0 unspecified atom stereocenters. The summed E-state index contributed by atoms with van der Waals surface area (Å²) in [6.45, 7) is 5.28. The van der Waals surface area contributed by atoms with E-state index in [9.17, 15) is 9.59 Å². The highest BCUT2D eigenvalue weighted by Crippen LogP contribution is 2.21. The zero-order valence-corrected chi connectivity index (χ0v) is 14.2. The minimum absolute atomic E-state index is 0.126. The molecule has 0 N–H and O–H groups in total. The van der Waals surface area contributed by atoms with Crippen LogP contribution >= 0.6 is 11.8 Å². The van der Waals surface area contributed by atoms with Gasteiger partial charge in [-0.25, -0.2) is 4.79 Å². The first-order valence-electron chi connectivity index (χ1n) is 6.78. The highest BCUT2D eigenvalue weighted by atomic mass is 35.5. The van der Waals surface area contributed by atoms with E-state index >= 15 is 0 Å². The SMILES string of the molecule is CN(C)C=CC(=O)c1ccc(N(Cl)C(=O)OC(C)(C)C)cc1. The van der Waals surface area contributed by atoms with Crippen LogP contribution in [0.4, 0.5) is 10.5 Å². The van der Waals surface area contributed by atoms with Crippen molar-refractivity contribution < 1.29 is 14.3 Å². The van der Waals surface area contributed by atoms with Gasteiger partial charge in [0, 0.05) is 43.7 Å². The molecule has 1 rings (SSSR count). The first kappa shape index (κ1) is 18.0. The van der Waals surface area contributed by atoms with Crippen LogP contribution in [0.25, 0.3) is 0 Å². The van der Waals surface area contributed by atoms with E-state index in [-0.39, 0.29) is 5.78 Å². The average Bonchev–Trinajstić information content (AvgIpc) is 2.42. The van der Waals surface area contributed by atoms with Gasteiger partial charge in [-0.15, -0.1) is 0 Å². The Bertz CT molecular complexity index is 560. The molecule has 1 aromatic carbocycles. The summed E-state index contributed by atoms with van der Waals surface area (Å²) < 4.78 is 6.05. The van der Waals surface area contributed by atoms with E-state index in [0.29, 0.717) is 11.3 Å². The van der Waals surface area contributed by atoms with Crippen molar-refractivity contribution >= 4 is 29.3 Å². The van der Waals surface area contributed by atoms with Crippen molar-refractivity contribution in [2.75, 3.05) is 18.5 Å². The molecule has 0 aliphatic carbocycles. The van der Waals surface area contributed by atoms with Gasteiger partial charge in [0.15, 0.2) is 5.78 Å². The summed E-state index contributed by atoms with van der Waals surface area (Å²) in [4.78, 5) is 25.5. The highest BCUT2D eigenvalue weighted by molar-refractivity contribution is 6.35. The van der Waals surface area contributed by atoms with E-state index in [4.69, 9.17) is 16.5 Å². The van der Waals surface area contributed by atoms with E-state index in [0.717, 1.165) is 4.42 Å². The Morgan fingerprint density at radius 1 is 1.14 bits per heavy atom. The third-order valence-electron chi connectivity index (χ3n) is 2.46. The van der Waals surface area contributed by atoms with E-state index < -0.39 is 11.7 Å². The molecule has 120 valence electrons. The molecule has 0 saturated carbocycles. The molecule has 0 heterocycles. The Morgan fingerprint density at radius 3 is 2.14 bits per heavy atom. The van der Waals surface area contributed by atoms with E-state index in [1.807, 2.05) is 14.1 Å². The normalized spacial score (nSPS) is 11.4. The Labute approximate surface area is 136 Å². The second-order valence-electron chi connectivity index (χ2n) is 5.95. The molecule has 0 radical (unpaired) electrons. The van der Waals surface area contributed by atoms with Crippen LogP contribution in [0.5, 0.6) is 0 Å². The summed E-state index contributed by atoms with van der Waals surface area (Å²) >= 11 is 5.95. The number of allylic oxidation sites excluding steroid dienone is 1. The second kappa shape index (κ2) is 7.31. The number of hydrogen-bond acceptors (Lipinski definition) is 4. The Kier molecular flexibility index (Phi) is 6.00. The number of carbonyl (C=O) groups is 2. The fourth-order valence-corrected chi connectivity index (χ4v) is 1.62. The lowest BCUT2D eigenvalue weighted by molar-refractivity contribution is 0.0609. The maximum absolute atomic E-state index is 11.9. The molecule has 0 bridgehead atoms. The third-order valence-corrected chi connectivity index (χ3v) is 2.79. The summed E-state index contributed by atoms with van der Waals surface area (Å²) in [5.74, 6) is -0.126. The minimum atomic E-state index is -0.666. The van der Waals surface area contributed by atoms with E-state index in [2.05, 4.69) is 0 Å². The summed E-state index contributed by atoms with van der Waals surface area (Å²) in [5.41, 5.74) is 0.317. The number of amides is 1. The van der Waals surface area contributed by atoms with E-state index in [1.165, 1.54) is 6.08 Å². The molecule has 0 aliphatic heterocycles. The van der Waals surface area contributed by atoms with Gasteiger partial charge >= 0.3 is 6.09 Å². The molecule has 0 aromatic heterocycles. The van der Waals surface area contributed by atoms with Crippen LogP contribution in [0, 0.1) is 0 Å². The lowest BCUT2D eigenvalue weighted by atomic mass is 10.1. The van der Waals surface area contributed by atoms with Gasteiger partial charge in [0.25, 0.3) is 0 Å². The van der Waals surface area contributed by atoms with Crippen molar-refractivity contribution in [3.05, 3.63) is 42.1 Å². The van der Waals surface area contributed by atoms with Gasteiger partial charge in [-0.05, 0) is 45.0 Å². The van der Waals surface area contributed by atoms with Gasteiger partial charge in [0.2, 0.25) is 0 Å². The lowest BCUT2D eigenvalue weighted by Gasteiger charge is -2.22. The van der Waals surface area contributed by atoms with Crippen LogP contribution in [0.15, 0.2) is 36.5 Å². The number of hydrogen-bond donors (Lipinski definition) is 0. The van der Waals surface area contributed by atoms with E-state index in [1.54, 1.807) is 56.1 Å². The molecule has 22 heavy (non-hydrogen) atoms. The zero-order chi connectivity index (χ0) is 16.9. The van der Waals surface area contributed by atoms with Gasteiger partial charge in [0.05, 0.1) is 5.69 Å². The van der Waals surface area contributed by atoms with Crippen LogP contribution < -0.4 is 4.42 Å². The number of rotatable bonds is 4. The summed E-state index contributed by atoms with van der Waals surface area (Å²) in [5, 5.41) is 0. The molecule has 6 heteroatoms. The molecule has 0 atom stereocenters. The van der Waals surface area contributed by atoms with Gasteiger partial charge in [-0.1, -0.05) is 0 Å². The minimum Gasteiger partial charge on any atom is -0.443 e. The highest BCUT2D eigenvalue weighted by Gasteiger charge is 2.22. The maximum Gasteiger partial charge on any atom is 0.429 e. The number of carbonyl (C=O) groups excluding carboxylic acids is 2. The number of ketones is 1. The number of ether oxygens (including phenoxy) is 1. The van der Waals surface area contributed by atoms with Crippen LogP contribution in [0.1, 0.15) is 31.1 Å². The Hall–Kier alpha value is -2.01. The summed E-state index contributed by atoms with van der Waals surface area (Å²) in [7, 11) is 3.66. The Balaban J connectivity index is 2.80. The number of benzene rings is 1. The van der Waals surface area contributed by atoms with Gasteiger partial charge in [-0.2, -0.15) is 4.42 Å². The first-order valence-corrected chi connectivity index (χ1v) is 7.12. The largest absolute Gasteiger partial charge is 0.443 e. The molecular weight excluding hydrogens is 304 g/mol. The molecular formula is C16H21ClN2O3. The average molecular weight is 325 g/mol. The molecule has 0 fully saturated rings. The van der Waals surface area contributed by atoms with Gasteiger partial charge in [-0.3, -0.25) is 4.79 Å². The molecule has 1 aromatic rings. The van der Waals surface area contributed by atoms with Crippen LogP contribution in [0.2, 0.25) is 0 Å². The lowest BCUT2D eigenvalue weighted by Crippen LogP contribution is -2.31. The smallest absolute Gasteiger partial charge is 0.429 e. The van der Waals surface area contributed by atoms with Gasteiger partial charge < -0.3 is 9.64 Å². The number of nitrogens with zero attached hydrogens (tertiary/aromatic N) is 2. The standard InChI is InChI=1S/C16H21ClN2O3/c1-16(2,3)22-15(21)19(17)13-8-6-12(7-9-13)14(20)10-11-18(4)5/h6-11H,1-5H3. The monoisotopic (exact) mass is 324 g/mol. The van der Waals surface area contributed by atoms with Gasteiger partial charge in [0.1, 0.15) is 5.60 Å². The number of anilines is 1. The predicted molar refractivity (Wildman–Crippen MR) is 88.2 cm³/mol. The fourth-order valence-electron chi connectivity index (χ4n) is 1.48. The number of halogens is 1. The van der Waals surface area contributed by atoms with Crippen molar-refractivity contribution in [3.63, 3.8) is 0 Å². The first-order chi connectivity index (χ1) is 10.1. The maximum atomic E-state index is 11.9. The molecule has 0 aliphatic rings. The van der Waals surface area contributed by atoms with Crippen molar-refractivity contribution in [3.8, 4) is 0 Å². The third kappa shape index (κ3) is 5.77. The fraction of sp³-hybridized carbons (Fsp3) is 0.375. The molecule has 0 spiro atoms. The van der Waals surface area contributed by atoms with Crippen LogP contribution in [-0.4, -0.2) is 36.5 Å². The van der Waals surface area contributed by atoms with Crippen molar-refractivity contribution in [2.24, 2.45) is 0 Å². The second-order valence-corrected chi connectivity index (χ2v) is 6.29. The topological polar surface area (TPSA) is 49.9 Å². The molecule has 5 nitrogen and oxygen atoms in total. The quantitative estimate of drug-likeness (QED) is 0.479. The molecule has 0 saturated heterocycles.